The van der Waals surface area contributed by atoms with Crippen molar-refractivity contribution in [1.82, 2.24) is 4.31 Å². The van der Waals surface area contributed by atoms with E-state index in [-0.39, 0.29) is 12.2 Å². The lowest BCUT2D eigenvalue weighted by Crippen LogP contribution is -2.49. The molecule has 1 aromatic rings. The van der Waals surface area contributed by atoms with Crippen LogP contribution in [0.3, 0.4) is 0 Å². The van der Waals surface area contributed by atoms with Gasteiger partial charge in [-0.05, 0) is 18.4 Å². The van der Waals surface area contributed by atoms with Crippen LogP contribution in [0.1, 0.15) is 6.92 Å². The van der Waals surface area contributed by atoms with E-state index in [1.807, 2.05) is 6.92 Å². The van der Waals surface area contributed by atoms with Crippen molar-refractivity contribution in [3.63, 3.8) is 0 Å². The molecule has 7 heteroatoms. The molecule has 17 heavy (non-hydrogen) atoms. The zero-order valence-electron chi connectivity index (χ0n) is 9.37. The standard InChI is InChI=1S/C10H14BrNO3S2/c1-8-6-12(7-9(5-11)15-8)17(13,14)10-3-2-4-16-10/h2-4,8-9H,5-7H2,1H3. The van der Waals surface area contributed by atoms with Crippen LogP contribution >= 0.6 is 27.3 Å². The summed E-state index contributed by atoms with van der Waals surface area (Å²) in [6.07, 6.45) is -0.144. The lowest BCUT2D eigenvalue weighted by atomic mass is 10.3. The Bertz CT molecular complexity index is 460. The second kappa shape index (κ2) is 5.36. The highest BCUT2D eigenvalue weighted by molar-refractivity contribution is 9.09. The van der Waals surface area contributed by atoms with Gasteiger partial charge in [0.15, 0.2) is 0 Å². The maximum absolute atomic E-state index is 12.3. The van der Waals surface area contributed by atoms with Crippen LogP contribution in [0.25, 0.3) is 0 Å². The zero-order valence-corrected chi connectivity index (χ0v) is 12.6. The van der Waals surface area contributed by atoms with Gasteiger partial charge in [0.25, 0.3) is 10.0 Å². The summed E-state index contributed by atoms with van der Waals surface area (Å²) >= 11 is 4.59. The Morgan fingerprint density at radius 2 is 2.35 bits per heavy atom. The van der Waals surface area contributed by atoms with Gasteiger partial charge >= 0.3 is 0 Å². The molecule has 1 aliphatic rings. The Morgan fingerprint density at radius 3 is 2.94 bits per heavy atom. The molecule has 2 rings (SSSR count). The molecule has 0 amide bonds. The van der Waals surface area contributed by atoms with Gasteiger partial charge in [-0.3, -0.25) is 0 Å². The van der Waals surface area contributed by atoms with E-state index in [1.165, 1.54) is 15.6 Å². The molecule has 0 aromatic carbocycles. The van der Waals surface area contributed by atoms with E-state index >= 15 is 0 Å². The molecule has 2 atom stereocenters. The average Bonchev–Trinajstić information content (AvgIpc) is 2.82. The lowest BCUT2D eigenvalue weighted by Gasteiger charge is -2.34. The Labute approximate surface area is 114 Å². The normalized spacial score (nSPS) is 27.2. The van der Waals surface area contributed by atoms with E-state index in [4.69, 9.17) is 4.74 Å². The Morgan fingerprint density at radius 1 is 1.59 bits per heavy atom. The number of hydrogen-bond acceptors (Lipinski definition) is 4. The van der Waals surface area contributed by atoms with Gasteiger partial charge in [0.2, 0.25) is 0 Å². The molecule has 1 aliphatic heterocycles. The molecule has 2 heterocycles. The minimum Gasteiger partial charge on any atom is -0.372 e. The second-order valence-electron chi connectivity index (χ2n) is 3.98. The van der Waals surface area contributed by atoms with Crippen molar-refractivity contribution in [2.45, 2.75) is 23.3 Å². The van der Waals surface area contributed by atoms with Crippen molar-refractivity contribution in [3.8, 4) is 0 Å². The highest BCUT2D eigenvalue weighted by Crippen LogP contribution is 2.24. The minimum absolute atomic E-state index is 0.0685. The SMILES string of the molecule is CC1CN(S(=O)(=O)c2cccs2)CC(CBr)O1. The molecular weight excluding hydrogens is 326 g/mol. The Kier molecular flexibility index (Phi) is 4.25. The van der Waals surface area contributed by atoms with E-state index in [0.29, 0.717) is 22.6 Å². The van der Waals surface area contributed by atoms with Crippen LogP contribution in [0.2, 0.25) is 0 Å². The molecule has 4 nitrogen and oxygen atoms in total. The van der Waals surface area contributed by atoms with Gasteiger partial charge in [-0.2, -0.15) is 4.31 Å². The number of halogens is 1. The summed E-state index contributed by atoms with van der Waals surface area (Å²) in [7, 11) is -3.34. The zero-order chi connectivity index (χ0) is 12.5. The van der Waals surface area contributed by atoms with Crippen molar-refractivity contribution in [2.24, 2.45) is 0 Å². The second-order valence-corrected chi connectivity index (χ2v) is 7.74. The summed E-state index contributed by atoms with van der Waals surface area (Å²) in [6, 6.07) is 3.40. The third-order valence-electron chi connectivity index (χ3n) is 2.55. The van der Waals surface area contributed by atoms with Crippen LogP contribution in [0.15, 0.2) is 21.7 Å². The van der Waals surface area contributed by atoms with Gasteiger partial charge in [-0.25, -0.2) is 8.42 Å². The van der Waals surface area contributed by atoms with Crippen LogP contribution in [-0.4, -0.2) is 43.4 Å². The van der Waals surface area contributed by atoms with Gasteiger partial charge < -0.3 is 4.74 Å². The van der Waals surface area contributed by atoms with Crippen LogP contribution in [0.5, 0.6) is 0 Å². The van der Waals surface area contributed by atoms with E-state index in [0.717, 1.165) is 0 Å². The summed E-state index contributed by atoms with van der Waals surface area (Å²) in [4.78, 5) is 0. The first kappa shape index (κ1) is 13.5. The summed E-state index contributed by atoms with van der Waals surface area (Å²) in [5.74, 6) is 0. The predicted molar refractivity (Wildman–Crippen MR) is 71.2 cm³/mol. The van der Waals surface area contributed by atoms with Gasteiger partial charge in [0.05, 0.1) is 12.2 Å². The Hall–Kier alpha value is 0.0500. The first-order chi connectivity index (χ1) is 8.04. The maximum atomic E-state index is 12.3. The van der Waals surface area contributed by atoms with Crippen LogP contribution in [-0.2, 0) is 14.8 Å². The van der Waals surface area contributed by atoms with E-state index < -0.39 is 10.0 Å². The van der Waals surface area contributed by atoms with Crippen LogP contribution in [0.4, 0.5) is 0 Å². The average molecular weight is 340 g/mol. The molecule has 0 N–H and O–H groups in total. The molecule has 1 fully saturated rings. The largest absolute Gasteiger partial charge is 0.372 e. The monoisotopic (exact) mass is 339 g/mol. The number of thiophene rings is 1. The molecule has 0 bridgehead atoms. The number of ether oxygens (including phenoxy) is 1. The van der Waals surface area contributed by atoms with Crippen LogP contribution in [0, 0.1) is 0 Å². The molecule has 1 aromatic heterocycles. The summed E-state index contributed by atoms with van der Waals surface area (Å²) in [5, 5.41) is 2.42. The van der Waals surface area contributed by atoms with Gasteiger partial charge in [0.1, 0.15) is 4.21 Å². The topological polar surface area (TPSA) is 46.6 Å². The van der Waals surface area contributed by atoms with Crippen molar-refractivity contribution < 1.29 is 13.2 Å². The smallest absolute Gasteiger partial charge is 0.252 e. The number of sulfonamides is 1. The molecule has 2 unspecified atom stereocenters. The first-order valence-electron chi connectivity index (χ1n) is 5.29. The number of hydrogen-bond donors (Lipinski definition) is 0. The van der Waals surface area contributed by atoms with Gasteiger partial charge in [-0.1, -0.05) is 22.0 Å². The summed E-state index contributed by atoms with van der Waals surface area (Å²) in [6.45, 7) is 2.73. The quantitative estimate of drug-likeness (QED) is 0.790. The summed E-state index contributed by atoms with van der Waals surface area (Å²) in [5.41, 5.74) is 0. The molecule has 0 aliphatic carbocycles. The van der Waals surface area contributed by atoms with E-state index in [2.05, 4.69) is 15.9 Å². The summed E-state index contributed by atoms with van der Waals surface area (Å²) < 4.78 is 32.2. The van der Waals surface area contributed by atoms with E-state index in [1.54, 1.807) is 17.5 Å². The lowest BCUT2D eigenvalue weighted by molar-refractivity contribution is -0.0410. The maximum Gasteiger partial charge on any atom is 0.252 e. The predicted octanol–water partition coefficient (Wildman–Crippen LogP) is 1.92. The fourth-order valence-corrected chi connectivity index (χ4v) is 4.87. The highest BCUT2D eigenvalue weighted by atomic mass is 79.9. The van der Waals surface area contributed by atoms with Gasteiger partial charge in [-0.15, -0.1) is 11.3 Å². The van der Waals surface area contributed by atoms with Crippen molar-refractivity contribution >= 4 is 37.3 Å². The van der Waals surface area contributed by atoms with Crippen molar-refractivity contribution in [3.05, 3.63) is 17.5 Å². The number of morpholine rings is 1. The molecule has 1 saturated heterocycles. The number of rotatable bonds is 3. The molecule has 0 radical (unpaired) electrons. The fraction of sp³-hybridized carbons (Fsp3) is 0.600. The number of nitrogens with zero attached hydrogens (tertiary/aromatic N) is 1. The third kappa shape index (κ3) is 2.90. The molecule has 0 spiro atoms. The molecular formula is C10H14BrNO3S2. The number of alkyl halides is 1. The van der Waals surface area contributed by atoms with E-state index in [9.17, 15) is 8.42 Å². The first-order valence-corrected chi connectivity index (χ1v) is 8.73. The van der Waals surface area contributed by atoms with Crippen molar-refractivity contribution in [1.29, 1.82) is 0 Å². The highest BCUT2D eigenvalue weighted by Gasteiger charge is 2.33. The van der Waals surface area contributed by atoms with Crippen LogP contribution < -0.4 is 0 Å². The third-order valence-corrected chi connectivity index (χ3v) is 6.48. The molecule has 0 saturated carbocycles. The minimum atomic E-state index is -3.34. The van der Waals surface area contributed by atoms with Gasteiger partial charge in [0, 0.05) is 18.4 Å². The fourth-order valence-electron chi connectivity index (χ4n) is 1.82. The van der Waals surface area contributed by atoms with Crippen molar-refractivity contribution in [2.75, 3.05) is 18.4 Å². The Balaban J connectivity index is 2.22. The molecule has 96 valence electrons.